The molecule has 0 saturated carbocycles. The average molecular weight is 169 g/mol. The van der Waals surface area contributed by atoms with E-state index in [4.69, 9.17) is 0 Å². The Bertz CT molecular complexity index is 184. The van der Waals surface area contributed by atoms with Gasteiger partial charge in [0.25, 0.3) is 0 Å². The third-order valence-corrected chi connectivity index (χ3v) is 1.34. The van der Waals surface area contributed by atoms with Gasteiger partial charge in [0.1, 0.15) is 0 Å². The van der Waals surface area contributed by atoms with Crippen molar-refractivity contribution in [2.75, 3.05) is 14.1 Å². The van der Waals surface area contributed by atoms with E-state index < -0.39 is 0 Å². The van der Waals surface area contributed by atoms with E-state index in [0.29, 0.717) is 0 Å². The Balaban J connectivity index is 0. The van der Waals surface area contributed by atoms with E-state index in [-0.39, 0.29) is 12.3 Å². The first-order valence-electron chi connectivity index (χ1n) is 3.47. The topological polar surface area (TPSA) is 73.2 Å². The average Bonchev–Trinajstić information content (AvgIpc) is 1.88. The summed E-state index contributed by atoms with van der Waals surface area (Å²) in [5.74, 6) is 0. The van der Waals surface area contributed by atoms with Crippen LogP contribution in [0.2, 0.25) is 0 Å². The van der Waals surface area contributed by atoms with Crippen LogP contribution in [-0.4, -0.2) is 19.0 Å². The molecule has 0 radical (unpaired) electrons. The van der Waals surface area contributed by atoms with Crippen molar-refractivity contribution in [3.63, 3.8) is 0 Å². The highest BCUT2D eigenvalue weighted by Gasteiger charge is 1.90. The van der Waals surface area contributed by atoms with Gasteiger partial charge in [0.15, 0.2) is 0 Å². The summed E-state index contributed by atoms with van der Waals surface area (Å²) in [6, 6.07) is 10.5. The fourth-order valence-corrected chi connectivity index (χ4v) is 0.949. The summed E-state index contributed by atoms with van der Waals surface area (Å²) >= 11 is 0. The summed E-state index contributed by atoms with van der Waals surface area (Å²) in [4.78, 5) is 2.16. The predicted molar refractivity (Wildman–Crippen MR) is 53.9 cm³/mol. The highest BCUT2D eigenvalue weighted by atomic mass is 15.0. The molecule has 0 amide bonds. The quantitative estimate of drug-likeness (QED) is 0.711. The van der Waals surface area contributed by atoms with Gasteiger partial charge in [-0.1, -0.05) is 30.3 Å². The molecular weight excluding hydrogens is 150 g/mol. The minimum atomic E-state index is 0. The molecule has 0 saturated heterocycles. The van der Waals surface area contributed by atoms with Crippen molar-refractivity contribution in [3.05, 3.63) is 35.9 Å². The SMILES string of the molecule is CN(C)Cc1ccccc1.N.N. The van der Waals surface area contributed by atoms with Crippen LogP contribution in [0.3, 0.4) is 0 Å². The molecule has 0 aliphatic heterocycles. The second-order valence-electron chi connectivity index (χ2n) is 2.72. The Morgan fingerprint density at radius 3 is 1.92 bits per heavy atom. The monoisotopic (exact) mass is 169 g/mol. The number of hydrogen-bond donors (Lipinski definition) is 2. The van der Waals surface area contributed by atoms with Crippen LogP contribution in [0, 0.1) is 0 Å². The lowest BCUT2D eigenvalue weighted by Crippen LogP contribution is -2.10. The van der Waals surface area contributed by atoms with Gasteiger partial charge in [-0.3, -0.25) is 0 Å². The van der Waals surface area contributed by atoms with Gasteiger partial charge in [-0.2, -0.15) is 0 Å². The summed E-state index contributed by atoms with van der Waals surface area (Å²) in [6.45, 7) is 1.03. The van der Waals surface area contributed by atoms with Crippen LogP contribution in [-0.2, 0) is 6.54 Å². The molecule has 0 aliphatic rings. The number of rotatable bonds is 2. The maximum absolute atomic E-state index is 2.16. The molecule has 70 valence electrons. The van der Waals surface area contributed by atoms with Crippen LogP contribution in [0.5, 0.6) is 0 Å². The maximum atomic E-state index is 2.16. The summed E-state index contributed by atoms with van der Waals surface area (Å²) in [6.07, 6.45) is 0. The molecule has 0 spiro atoms. The maximum Gasteiger partial charge on any atom is 0.0227 e. The second kappa shape index (κ2) is 6.79. The van der Waals surface area contributed by atoms with Crippen LogP contribution in [0.15, 0.2) is 30.3 Å². The Kier molecular flexibility index (Phi) is 7.73. The van der Waals surface area contributed by atoms with E-state index in [2.05, 4.69) is 43.3 Å². The number of hydrogen-bond acceptors (Lipinski definition) is 3. The molecule has 1 rings (SSSR count). The molecule has 1 aromatic rings. The Labute approximate surface area is 74.6 Å². The smallest absolute Gasteiger partial charge is 0.0227 e. The van der Waals surface area contributed by atoms with Crippen molar-refractivity contribution in [3.8, 4) is 0 Å². The zero-order valence-corrected chi connectivity index (χ0v) is 7.96. The van der Waals surface area contributed by atoms with Crippen LogP contribution in [0.25, 0.3) is 0 Å². The van der Waals surface area contributed by atoms with E-state index in [0.717, 1.165) is 6.54 Å². The molecule has 6 N–H and O–H groups in total. The van der Waals surface area contributed by atoms with E-state index in [9.17, 15) is 0 Å². The molecule has 1 aromatic carbocycles. The summed E-state index contributed by atoms with van der Waals surface area (Å²) in [7, 11) is 4.15. The molecule has 0 fully saturated rings. The van der Waals surface area contributed by atoms with Crippen molar-refractivity contribution in [2.45, 2.75) is 6.54 Å². The van der Waals surface area contributed by atoms with Crippen molar-refractivity contribution < 1.29 is 0 Å². The molecule has 0 aliphatic carbocycles. The number of nitrogens with zero attached hydrogens (tertiary/aromatic N) is 1. The molecule has 12 heavy (non-hydrogen) atoms. The lowest BCUT2D eigenvalue weighted by Gasteiger charge is -2.08. The van der Waals surface area contributed by atoms with Gasteiger partial charge in [0, 0.05) is 6.54 Å². The minimum absolute atomic E-state index is 0. The predicted octanol–water partition coefficient (Wildman–Crippen LogP) is 2.07. The van der Waals surface area contributed by atoms with Crippen LogP contribution in [0.4, 0.5) is 0 Å². The van der Waals surface area contributed by atoms with Gasteiger partial charge < -0.3 is 17.2 Å². The second-order valence-corrected chi connectivity index (χ2v) is 2.72. The van der Waals surface area contributed by atoms with Crippen LogP contribution in [0.1, 0.15) is 5.56 Å². The molecule has 0 aromatic heterocycles. The zero-order chi connectivity index (χ0) is 7.40. The van der Waals surface area contributed by atoms with Crippen LogP contribution < -0.4 is 12.3 Å². The molecule has 3 heteroatoms. The minimum Gasteiger partial charge on any atom is -0.344 e. The summed E-state index contributed by atoms with van der Waals surface area (Å²) in [5.41, 5.74) is 1.37. The van der Waals surface area contributed by atoms with Crippen molar-refractivity contribution in [2.24, 2.45) is 0 Å². The molecule has 3 nitrogen and oxygen atoms in total. The molecular formula is C9H19N3. The fraction of sp³-hybridized carbons (Fsp3) is 0.333. The van der Waals surface area contributed by atoms with Gasteiger partial charge in [-0.05, 0) is 19.7 Å². The van der Waals surface area contributed by atoms with Crippen molar-refractivity contribution in [1.29, 1.82) is 0 Å². The molecule has 0 bridgehead atoms. The summed E-state index contributed by atoms with van der Waals surface area (Å²) in [5, 5.41) is 0. The van der Waals surface area contributed by atoms with E-state index in [1.54, 1.807) is 0 Å². The lowest BCUT2D eigenvalue weighted by atomic mass is 10.2. The highest BCUT2D eigenvalue weighted by Crippen LogP contribution is 1.99. The van der Waals surface area contributed by atoms with Crippen LogP contribution >= 0.6 is 0 Å². The van der Waals surface area contributed by atoms with Gasteiger partial charge in [-0.15, -0.1) is 0 Å². The van der Waals surface area contributed by atoms with Crippen molar-refractivity contribution >= 4 is 0 Å². The van der Waals surface area contributed by atoms with Gasteiger partial charge in [-0.25, -0.2) is 0 Å². The first-order valence-corrected chi connectivity index (χ1v) is 3.47. The Morgan fingerprint density at radius 2 is 1.50 bits per heavy atom. The summed E-state index contributed by atoms with van der Waals surface area (Å²) < 4.78 is 0. The fourth-order valence-electron chi connectivity index (χ4n) is 0.949. The molecule has 0 heterocycles. The van der Waals surface area contributed by atoms with Gasteiger partial charge in [0.05, 0.1) is 0 Å². The van der Waals surface area contributed by atoms with E-state index in [1.165, 1.54) is 5.56 Å². The third-order valence-electron chi connectivity index (χ3n) is 1.34. The standard InChI is InChI=1S/C9H13N.2H3N/c1-10(2)8-9-6-4-3-5-7-9;;/h3-7H,8H2,1-2H3;2*1H3. The Hall–Kier alpha value is -0.900. The highest BCUT2D eigenvalue weighted by molar-refractivity contribution is 5.14. The van der Waals surface area contributed by atoms with Crippen molar-refractivity contribution in [1.82, 2.24) is 17.2 Å². The third kappa shape index (κ3) is 4.85. The van der Waals surface area contributed by atoms with E-state index in [1.807, 2.05) is 6.07 Å². The van der Waals surface area contributed by atoms with E-state index >= 15 is 0 Å². The molecule has 0 atom stereocenters. The van der Waals surface area contributed by atoms with Gasteiger partial charge >= 0.3 is 0 Å². The van der Waals surface area contributed by atoms with Gasteiger partial charge in [0.2, 0.25) is 0 Å². The first kappa shape index (κ1) is 13.7. The first-order chi connectivity index (χ1) is 4.79. The zero-order valence-electron chi connectivity index (χ0n) is 7.96. The lowest BCUT2D eigenvalue weighted by molar-refractivity contribution is 0.402. The Morgan fingerprint density at radius 1 is 1.00 bits per heavy atom. The normalized spacial score (nSPS) is 8.58. The number of benzene rings is 1. The largest absolute Gasteiger partial charge is 0.344 e. The molecule has 0 unspecified atom stereocenters.